The summed E-state index contributed by atoms with van der Waals surface area (Å²) >= 11 is 0. The Labute approximate surface area is 127 Å². The van der Waals surface area contributed by atoms with E-state index < -0.39 is 0 Å². The molecular formula is C19H25NO. The van der Waals surface area contributed by atoms with Crippen molar-refractivity contribution < 1.29 is 4.74 Å². The first-order valence-corrected chi connectivity index (χ1v) is 7.84. The van der Waals surface area contributed by atoms with Gasteiger partial charge in [-0.05, 0) is 24.5 Å². The fraction of sp³-hybridized carbons (Fsp3) is 0.368. The topological polar surface area (TPSA) is 35.2 Å². The Morgan fingerprint density at radius 3 is 2.43 bits per heavy atom. The molecule has 0 bridgehead atoms. The fourth-order valence-electron chi connectivity index (χ4n) is 2.38. The van der Waals surface area contributed by atoms with Gasteiger partial charge in [0.15, 0.2) is 0 Å². The number of rotatable bonds is 8. The first kappa shape index (κ1) is 15.6. The molecule has 0 radical (unpaired) electrons. The van der Waals surface area contributed by atoms with E-state index in [4.69, 9.17) is 10.5 Å². The minimum absolute atomic E-state index is 0.244. The normalized spacial score (nSPS) is 12.1. The third-order valence-electron chi connectivity index (χ3n) is 3.65. The van der Waals surface area contributed by atoms with Crippen molar-refractivity contribution in [3.8, 4) is 16.9 Å². The molecule has 0 heterocycles. The lowest BCUT2D eigenvalue weighted by molar-refractivity contribution is 0.294. The minimum atomic E-state index is 0.244. The van der Waals surface area contributed by atoms with Crippen molar-refractivity contribution in [1.82, 2.24) is 0 Å². The van der Waals surface area contributed by atoms with Gasteiger partial charge in [-0.25, -0.2) is 0 Å². The van der Waals surface area contributed by atoms with E-state index in [-0.39, 0.29) is 6.04 Å². The van der Waals surface area contributed by atoms with Gasteiger partial charge in [0.05, 0.1) is 6.61 Å². The average molecular weight is 283 g/mol. The second kappa shape index (κ2) is 8.48. The SMILES string of the molecule is CCCCC(N)CCOc1ccccc1-c1ccccc1. The molecule has 0 spiro atoms. The van der Waals surface area contributed by atoms with Gasteiger partial charge in [-0.1, -0.05) is 68.3 Å². The van der Waals surface area contributed by atoms with Crippen LogP contribution in [0.4, 0.5) is 0 Å². The van der Waals surface area contributed by atoms with Gasteiger partial charge in [-0.2, -0.15) is 0 Å². The van der Waals surface area contributed by atoms with Gasteiger partial charge < -0.3 is 10.5 Å². The highest BCUT2D eigenvalue weighted by molar-refractivity contribution is 5.70. The molecule has 0 aliphatic carbocycles. The summed E-state index contributed by atoms with van der Waals surface area (Å²) in [6, 6.07) is 18.8. The van der Waals surface area contributed by atoms with Crippen molar-refractivity contribution >= 4 is 0 Å². The smallest absolute Gasteiger partial charge is 0.127 e. The maximum atomic E-state index is 6.09. The van der Waals surface area contributed by atoms with E-state index in [2.05, 4.69) is 25.1 Å². The zero-order valence-electron chi connectivity index (χ0n) is 12.8. The van der Waals surface area contributed by atoms with Crippen LogP contribution >= 0.6 is 0 Å². The molecule has 21 heavy (non-hydrogen) atoms. The van der Waals surface area contributed by atoms with Gasteiger partial charge in [0, 0.05) is 11.6 Å². The zero-order chi connectivity index (χ0) is 14.9. The molecule has 0 aliphatic heterocycles. The van der Waals surface area contributed by atoms with Crippen molar-refractivity contribution in [2.45, 2.75) is 38.6 Å². The van der Waals surface area contributed by atoms with Gasteiger partial charge in [-0.15, -0.1) is 0 Å². The molecule has 2 rings (SSSR count). The van der Waals surface area contributed by atoms with Crippen molar-refractivity contribution in [1.29, 1.82) is 0 Å². The summed E-state index contributed by atoms with van der Waals surface area (Å²) in [5.74, 6) is 0.936. The molecule has 0 fully saturated rings. The number of nitrogens with two attached hydrogens (primary N) is 1. The zero-order valence-corrected chi connectivity index (χ0v) is 12.8. The van der Waals surface area contributed by atoms with E-state index in [1.807, 2.05) is 36.4 Å². The quantitative estimate of drug-likeness (QED) is 0.766. The third kappa shape index (κ3) is 4.91. The molecule has 0 amide bonds. The molecule has 0 aliphatic rings. The molecule has 2 nitrogen and oxygen atoms in total. The predicted octanol–water partition coefficient (Wildman–Crippen LogP) is 4.64. The summed E-state index contributed by atoms with van der Waals surface area (Å²) in [5, 5.41) is 0. The second-order valence-corrected chi connectivity index (χ2v) is 5.40. The molecular weight excluding hydrogens is 258 g/mol. The van der Waals surface area contributed by atoms with E-state index in [9.17, 15) is 0 Å². The van der Waals surface area contributed by atoms with Crippen molar-refractivity contribution in [3.63, 3.8) is 0 Å². The van der Waals surface area contributed by atoms with Gasteiger partial charge in [-0.3, -0.25) is 0 Å². The van der Waals surface area contributed by atoms with E-state index in [1.54, 1.807) is 0 Å². The van der Waals surface area contributed by atoms with E-state index in [0.29, 0.717) is 6.61 Å². The largest absolute Gasteiger partial charge is 0.493 e. The lowest BCUT2D eigenvalue weighted by Crippen LogP contribution is -2.22. The van der Waals surface area contributed by atoms with Crippen LogP contribution in [0.3, 0.4) is 0 Å². The van der Waals surface area contributed by atoms with Crippen LogP contribution in [-0.2, 0) is 0 Å². The van der Waals surface area contributed by atoms with Crippen LogP contribution in [0.5, 0.6) is 5.75 Å². The highest BCUT2D eigenvalue weighted by Crippen LogP contribution is 2.29. The lowest BCUT2D eigenvalue weighted by Gasteiger charge is -2.14. The Bertz CT molecular complexity index is 524. The minimum Gasteiger partial charge on any atom is -0.493 e. The maximum absolute atomic E-state index is 6.09. The van der Waals surface area contributed by atoms with Crippen molar-refractivity contribution in [3.05, 3.63) is 54.6 Å². The van der Waals surface area contributed by atoms with Crippen LogP contribution in [0, 0.1) is 0 Å². The highest BCUT2D eigenvalue weighted by atomic mass is 16.5. The van der Waals surface area contributed by atoms with E-state index in [0.717, 1.165) is 24.2 Å². The highest BCUT2D eigenvalue weighted by Gasteiger charge is 2.07. The molecule has 2 N–H and O–H groups in total. The Kier molecular flexibility index (Phi) is 6.29. The van der Waals surface area contributed by atoms with Crippen LogP contribution in [0.2, 0.25) is 0 Å². The molecule has 0 aromatic heterocycles. The van der Waals surface area contributed by atoms with E-state index >= 15 is 0 Å². The number of para-hydroxylation sites is 1. The van der Waals surface area contributed by atoms with Crippen LogP contribution in [0.1, 0.15) is 32.6 Å². The first-order valence-electron chi connectivity index (χ1n) is 7.84. The fourth-order valence-corrected chi connectivity index (χ4v) is 2.38. The lowest BCUT2D eigenvalue weighted by atomic mass is 10.0. The molecule has 2 heteroatoms. The number of benzene rings is 2. The van der Waals surface area contributed by atoms with Crippen LogP contribution in [0.25, 0.3) is 11.1 Å². The molecule has 1 unspecified atom stereocenters. The Hall–Kier alpha value is -1.80. The molecule has 2 aromatic carbocycles. The predicted molar refractivity (Wildman–Crippen MR) is 89.5 cm³/mol. The van der Waals surface area contributed by atoms with E-state index in [1.165, 1.54) is 18.4 Å². The monoisotopic (exact) mass is 283 g/mol. The summed E-state index contributed by atoms with van der Waals surface area (Å²) < 4.78 is 5.96. The summed E-state index contributed by atoms with van der Waals surface area (Å²) in [7, 11) is 0. The molecule has 2 aromatic rings. The molecule has 0 saturated heterocycles. The maximum Gasteiger partial charge on any atom is 0.127 e. The summed E-state index contributed by atoms with van der Waals surface area (Å²) in [5.41, 5.74) is 8.42. The first-order chi connectivity index (χ1) is 10.3. The van der Waals surface area contributed by atoms with Crippen molar-refractivity contribution in [2.75, 3.05) is 6.61 Å². The molecule has 112 valence electrons. The number of hydrogen-bond donors (Lipinski definition) is 1. The second-order valence-electron chi connectivity index (χ2n) is 5.40. The van der Waals surface area contributed by atoms with Crippen molar-refractivity contribution in [2.24, 2.45) is 5.73 Å². The third-order valence-corrected chi connectivity index (χ3v) is 3.65. The Balaban J connectivity index is 1.95. The number of hydrogen-bond acceptors (Lipinski definition) is 2. The van der Waals surface area contributed by atoms with Gasteiger partial charge in [0.2, 0.25) is 0 Å². The van der Waals surface area contributed by atoms with Crippen LogP contribution in [-0.4, -0.2) is 12.6 Å². The van der Waals surface area contributed by atoms with Gasteiger partial charge >= 0.3 is 0 Å². The van der Waals surface area contributed by atoms with Crippen LogP contribution < -0.4 is 10.5 Å². The van der Waals surface area contributed by atoms with Gasteiger partial charge in [0.1, 0.15) is 5.75 Å². The summed E-state index contributed by atoms with van der Waals surface area (Å²) in [6.45, 7) is 2.87. The standard InChI is InChI=1S/C19H25NO/c1-2-3-11-17(20)14-15-21-19-13-8-7-12-18(19)16-9-5-4-6-10-16/h4-10,12-13,17H,2-3,11,14-15,20H2,1H3. The number of ether oxygens (including phenoxy) is 1. The summed E-state index contributed by atoms with van der Waals surface area (Å²) in [6.07, 6.45) is 4.39. The number of unbranched alkanes of at least 4 members (excludes halogenated alkanes) is 1. The summed E-state index contributed by atoms with van der Waals surface area (Å²) in [4.78, 5) is 0. The molecule has 0 saturated carbocycles. The van der Waals surface area contributed by atoms with Crippen LogP contribution in [0.15, 0.2) is 54.6 Å². The Morgan fingerprint density at radius 2 is 1.67 bits per heavy atom. The van der Waals surface area contributed by atoms with Gasteiger partial charge in [0.25, 0.3) is 0 Å². The average Bonchev–Trinajstić information content (AvgIpc) is 2.54. The molecule has 1 atom stereocenters. The Morgan fingerprint density at radius 1 is 0.952 bits per heavy atom.